The molecule has 0 heterocycles. The maximum atomic E-state index is 11.4. The lowest BCUT2D eigenvalue weighted by Crippen LogP contribution is -2.49. The number of rotatable bonds is 2. The Balaban J connectivity index is 1.30. The van der Waals surface area contributed by atoms with E-state index in [-0.39, 0.29) is 0 Å². The first-order valence-corrected chi connectivity index (χ1v) is 12.3. The molecular formula is C27H36O. The molecular weight excluding hydrogens is 340 g/mol. The van der Waals surface area contributed by atoms with Gasteiger partial charge in [0.05, 0.1) is 0 Å². The number of phenolic OH excluding ortho intramolecular Hbond substituents is 1. The number of phenols is 1. The minimum absolute atomic E-state index is 0.309. The van der Waals surface area contributed by atoms with Crippen molar-refractivity contribution in [2.75, 3.05) is 0 Å². The molecule has 28 heavy (non-hydrogen) atoms. The Morgan fingerprint density at radius 2 is 0.964 bits per heavy atom. The summed E-state index contributed by atoms with van der Waals surface area (Å²) < 4.78 is 0. The molecule has 1 aromatic carbocycles. The van der Waals surface area contributed by atoms with Gasteiger partial charge in [-0.05, 0) is 148 Å². The van der Waals surface area contributed by atoms with Crippen molar-refractivity contribution in [3.8, 4) is 5.75 Å². The molecule has 0 atom stereocenters. The first-order chi connectivity index (χ1) is 13.5. The van der Waals surface area contributed by atoms with Crippen LogP contribution < -0.4 is 0 Å². The maximum absolute atomic E-state index is 11.4. The van der Waals surface area contributed by atoms with E-state index in [0.717, 1.165) is 35.5 Å². The van der Waals surface area contributed by atoms with Gasteiger partial charge in [-0.25, -0.2) is 0 Å². The van der Waals surface area contributed by atoms with Crippen LogP contribution in [-0.2, 0) is 10.8 Å². The van der Waals surface area contributed by atoms with Crippen LogP contribution in [0.15, 0.2) is 12.1 Å². The highest BCUT2D eigenvalue weighted by molar-refractivity contribution is 5.50. The largest absolute Gasteiger partial charge is 0.508 e. The van der Waals surface area contributed by atoms with Crippen molar-refractivity contribution < 1.29 is 5.11 Å². The molecule has 8 saturated carbocycles. The lowest BCUT2D eigenvalue weighted by atomic mass is 9.46. The molecule has 1 aromatic rings. The summed E-state index contributed by atoms with van der Waals surface area (Å²) >= 11 is 0. The second-order valence-electron chi connectivity index (χ2n) is 12.6. The Kier molecular flexibility index (Phi) is 3.22. The summed E-state index contributed by atoms with van der Waals surface area (Å²) in [5, 5.41) is 11.4. The van der Waals surface area contributed by atoms with Gasteiger partial charge < -0.3 is 5.11 Å². The van der Waals surface area contributed by atoms with Gasteiger partial charge >= 0.3 is 0 Å². The molecule has 0 amide bonds. The van der Waals surface area contributed by atoms with E-state index in [1.165, 1.54) is 93.7 Å². The maximum Gasteiger partial charge on any atom is 0.119 e. The Hall–Kier alpha value is -0.980. The van der Waals surface area contributed by atoms with Gasteiger partial charge in [0.25, 0.3) is 0 Å². The Bertz CT molecular complexity index is 693. The molecule has 8 fully saturated rings. The molecule has 8 aliphatic rings. The van der Waals surface area contributed by atoms with Crippen LogP contribution in [0.1, 0.15) is 93.7 Å². The van der Waals surface area contributed by atoms with Gasteiger partial charge in [-0.3, -0.25) is 0 Å². The van der Waals surface area contributed by atoms with Crippen LogP contribution >= 0.6 is 0 Å². The van der Waals surface area contributed by atoms with E-state index in [4.69, 9.17) is 0 Å². The molecule has 8 bridgehead atoms. The van der Waals surface area contributed by atoms with Gasteiger partial charge in [0, 0.05) is 5.56 Å². The van der Waals surface area contributed by atoms with E-state index in [9.17, 15) is 5.11 Å². The molecule has 1 N–H and O–H groups in total. The normalized spacial score (nSPS) is 50.5. The van der Waals surface area contributed by atoms with Crippen molar-refractivity contribution in [2.45, 2.75) is 94.8 Å². The van der Waals surface area contributed by atoms with Gasteiger partial charge in [-0.1, -0.05) is 6.07 Å². The molecule has 0 spiro atoms. The summed E-state index contributed by atoms with van der Waals surface area (Å²) in [7, 11) is 0. The smallest absolute Gasteiger partial charge is 0.119 e. The Labute approximate surface area is 170 Å². The van der Waals surface area contributed by atoms with Crippen molar-refractivity contribution >= 4 is 0 Å². The molecule has 0 aliphatic heterocycles. The average molecular weight is 377 g/mol. The summed E-state index contributed by atoms with van der Waals surface area (Å²) in [5.74, 6) is 6.39. The molecule has 0 radical (unpaired) electrons. The summed E-state index contributed by atoms with van der Waals surface area (Å²) in [6.45, 7) is 2.37. The van der Waals surface area contributed by atoms with E-state index in [1.807, 2.05) is 0 Å². The molecule has 0 unspecified atom stereocenters. The molecule has 1 heteroatoms. The minimum Gasteiger partial charge on any atom is -0.508 e. The summed E-state index contributed by atoms with van der Waals surface area (Å²) in [5.41, 5.74) is 5.10. The van der Waals surface area contributed by atoms with E-state index in [1.54, 1.807) is 0 Å². The summed E-state index contributed by atoms with van der Waals surface area (Å²) in [4.78, 5) is 0. The highest BCUT2D eigenvalue weighted by Gasteiger charge is 2.54. The van der Waals surface area contributed by atoms with Crippen molar-refractivity contribution in [3.63, 3.8) is 0 Å². The predicted molar refractivity (Wildman–Crippen MR) is 113 cm³/mol. The predicted octanol–water partition coefficient (Wildman–Crippen LogP) is 6.64. The number of aryl methyl sites for hydroxylation is 1. The van der Waals surface area contributed by atoms with Crippen molar-refractivity contribution in [1.29, 1.82) is 0 Å². The summed E-state index contributed by atoms with van der Waals surface area (Å²) in [6, 6.07) is 4.77. The van der Waals surface area contributed by atoms with Gasteiger partial charge in [0.2, 0.25) is 0 Å². The molecule has 0 aromatic heterocycles. The van der Waals surface area contributed by atoms with Crippen LogP contribution in [0.25, 0.3) is 0 Å². The molecule has 1 nitrogen and oxygen atoms in total. The minimum atomic E-state index is 0.309. The molecule has 0 saturated heterocycles. The third kappa shape index (κ3) is 2.20. The van der Waals surface area contributed by atoms with E-state index in [2.05, 4.69) is 19.1 Å². The third-order valence-corrected chi connectivity index (χ3v) is 10.6. The van der Waals surface area contributed by atoms with Crippen molar-refractivity contribution in [1.82, 2.24) is 0 Å². The Morgan fingerprint density at radius 1 is 0.607 bits per heavy atom. The van der Waals surface area contributed by atoms with Gasteiger partial charge in [0.1, 0.15) is 5.75 Å². The number of aromatic hydroxyl groups is 1. The van der Waals surface area contributed by atoms with Gasteiger partial charge in [-0.2, -0.15) is 0 Å². The average Bonchev–Trinajstić information content (AvgIpc) is 2.61. The topological polar surface area (TPSA) is 20.2 Å². The van der Waals surface area contributed by atoms with Crippen LogP contribution in [0.3, 0.4) is 0 Å². The first kappa shape index (κ1) is 16.8. The van der Waals surface area contributed by atoms with Crippen LogP contribution in [0.2, 0.25) is 0 Å². The second-order valence-corrected chi connectivity index (χ2v) is 12.6. The van der Waals surface area contributed by atoms with Crippen LogP contribution in [0.5, 0.6) is 5.75 Å². The zero-order chi connectivity index (χ0) is 18.7. The number of hydrogen-bond acceptors (Lipinski definition) is 1. The van der Waals surface area contributed by atoms with E-state index in [0.29, 0.717) is 16.6 Å². The van der Waals surface area contributed by atoms with E-state index >= 15 is 0 Å². The van der Waals surface area contributed by atoms with Crippen molar-refractivity contribution in [2.24, 2.45) is 35.5 Å². The lowest BCUT2D eigenvalue weighted by Gasteiger charge is -2.58. The first-order valence-electron chi connectivity index (χ1n) is 12.3. The second kappa shape index (κ2) is 5.38. The quantitative estimate of drug-likeness (QED) is 0.613. The zero-order valence-electron chi connectivity index (χ0n) is 17.6. The van der Waals surface area contributed by atoms with Crippen LogP contribution in [0.4, 0.5) is 0 Å². The Morgan fingerprint density at radius 3 is 1.36 bits per heavy atom. The fourth-order valence-electron chi connectivity index (χ4n) is 10.6. The molecule has 9 rings (SSSR count). The number of hydrogen-bond donors (Lipinski definition) is 1. The highest BCUT2D eigenvalue weighted by atomic mass is 16.3. The summed E-state index contributed by atoms with van der Waals surface area (Å²) in [6.07, 6.45) is 17.2. The highest BCUT2D eigenvalue weighted by Crippen LogP contribution is 2.64. The molecule has 8 aliphatic carbocycles. The fraction of sp³-hybridized carbons (Fsp3) is 0.778. The third-order valence-electron chi connectivity index (χ3n) is 10.6. The monoisotopic (exact) mass is 376 g/mol. The fourth-order valence-corrected chi connectivity index (χ4v) is 10.6. The zero-order valence-corrected chi connectivity index (χ0v) is 17.6. The SMILES string of the molecule is Cc1cc(C23CC4CC(CC(C4)C2)C3)c(O)cc1C12CC3CC(CC(C3)C1)C2. The standard InChI is InChI=1S/C27H36O/c1-16-2-24(27-13-20-6-21(14-27)8-22(7-20)15-27)25(28)9-23(16)26-10-17-3-18(11-26)5-19(4-17)12-26/h2,9,17-22,28H,3-8,10-15H2,1H3. The van der Waals surface area contributed by atoms with E-state index < -0.39 is 0 Å². The van der Waals surface area contributed by atoms with Gasteiger partial charge in [0.15, 0.2) is 0 Å². The van der Waals surface area contributed by atoms with Gasteiger partial charge in [-0.15, -0.1) is 0 Å². The van der Waals surface area contributed by atoms with Crippen LogP contribution in [-0.4, -0.2) is 5.11 Å². The lowest BCUT2D eigenvalue weighted by molar-refractivity contribution is -0.00795. The number of benzene rings is 1. The molecule has 150 valence electrons. The van der Waals surface area contributed by atoms with Crippen LogP contribution in [0, 0.1) is 42.4 Å². The van der Waals surface area contributed by atoms with Crippen molar-refractivity contribution in [3.05, 3.63) is 28.8 Å².